The standard InChI is InChI=1S/C7H5Br3S/c8-5-1-2-11-6(5)4-3-7(4,9)10/h1-2,4H,3H2. The summed E-state index contributed by atoms with van der Waals surface area (Å²) in [7, 11) is 0. The second-order valence-electron chi connectivity index (χ2n) is 2.65. The maximum Gasteiger partial charge on any atom is 0.0889 e. The molecule has 0 nitrogen and oxygen atoms in total. The molecular formula is C7H5Br3S. The molecule has 1 aliphatic rings. The van der Waals surface area contributed by atoms with Gasteiger partial charge in [-0.05, 0) is 33.8 Å². The fraction of sp³-hybridized carbons (Fsp3) is 0.429. The van der Waals surface area contributed by atoms with Crippen molar-refractivity contribution in [2.24, 2.45) is 0 Å². The Bertz CT molecular complexity index is 279. The van der Waals surface area contributed by atoms with Crippen molar-refractivity contribution in [2.75, 3.05) is 0 Å². The summed E-state index contributed by atoms with van der Waals surface area (Å²) in [5.41, 5.74) is 0. The molecule has 11 heavy (non-hydrogen) atoms. The van der Waals surface area contributed by atoms with Gasteiger partial charge in [-0.2, -0.15) is 0 Å². The fourth-order valence-corrected chi connectivity index (χ4v) is 4.30. The second-order valence-corrected chi connectivity index (χ2v) is 8.35. The monoisotopic (exact) mass is 358 g/mol. The normalized spacial score (nSPS) is 27.0. The summed E-state index contributed by atoms with van der Waals surface area (Å²) < 4.78 is 1.43. The molecule has 1 heterocycles. The van der Waals surface area contributed by atoms with Crippen LogP contribution in [0.1, 0.15) is 17.2 Å². The number of thiophene rings is 1. The molecule has 4 heteroatoms. The molecule has 1 unspecified atom stereocenters. The van der Waals surface area contributed by atoms with Crippen molar-refractivity contribution < 1.29 is 0 Å². The molecule has 0 aliphatic heterocycles. The third-order valence-corrected chi connectivity index (χ3v) is 5.52. The lowest BCUT2D eigenvalue weighted by Gasteiger charge is -1.96. The number of halogens is 3. The van der Waals surface area contributed by atoms with Crippen LogP contribution in [0.15, 0.2) is 15.9 Å². The Morgan fingerprint density at radius 1 is 1.55 bits per heavy atom. The van der Waals surface area contributed by atoms with Gasteiger partial charge in [-0.3, -0.25) is 0 Å². The van der Waals surface area contributed by atoms with Gasteiger partial charge in [-0.15, -0.1) is 11.3 Å². The third-order valence-electron chi connectivity index (χ3n) is 1.79. The van der Waals surface area contributed by atoms with Gasteiger partial charge in [0.2, 0.25) is 0 Å². The van der Waals surface area contributed by atoms with E-state index in [1.165, 1.54) is 15.8 Å². The molecule has 2 rings (SSSR count). The molecule has 0 radical (unpaired) electrons. The van der Waals surface area contributed by atoms with Gasteiger partial charge in [-0.25, -0.2) is 0 Å². The molecule has 60 valence electrons. The molecule has 0 N–H and O–H groups in total. The summed E-state index contributed by atoms with van der Waals surface area (Å²) in [6.07, 6.45) is 1.19. The SMILES string of the molecule is Brc1ccsc1C1CC1(Br)Br. The van der Waals surface area contributed by atoms with Crippen LogP contribution in [0.3, 0.4) is 0 Å². The summed E-state index contributed by atoms with van der Waals surface area (Å²) in [5.74, 6) is 0.650. The first-order valence-corrected chi connectivity index (χ1v) is 6.48. The Morgan fingerprint density at radius 3 is 2.55 bits per heavy atom. The molecule has 1 saturated carbocycles. The molecule has 1 fully saturated rings. The minimum absolute atomic E-state index is 0.188. The van der Waals surface area contributed by atoms with Crippen LogP contribution in [-0.2, 0) is 0 Å². The molecule has 0 bridgehead atoms. The van der Waals surface area contributed by atoms with E-state index in [1.54, 1.807) is 0 Å². The van der Waals surface area contributed by atoms with E-state index in [-0.39, 0.29) is 3.23 Å². The van der Waals surface area contributed by atoms with E-state index in [9.17, 15) is 0 Å². The lowest BCUT2D eigenvalue weighted by molar-refractivity contribution is 1.17. The van der Waals surface area contributed by atoms with E-state index in [4.69, 9.17) is 0 Å². The minimum atomic E-state index is 0.188. The van der Waals surface area contributed by atoms with Crippen molar-refractivity contribution in [1.82, 2.24) is 0 Å². The molecule has 1 aromatic rings. The maximum atomic E-state index is 3.61. The molecule has 0 spiro atoms. The lowest BCUT2D eigenvalue weighted by Crippen LogP contribution is -1.84. The van der Waals surface area contributed by atoms with Crippen molar-refractivity contribution in [3.8, 4) is 0 Å². The zero-order valence-electron chi connectivity index (χ0n) is 5.48. The quantitative estimate of drug-likeness (QED) is 0.647. The molecular weight excluding hydrogens is 356 g/mol. The van der Waals surface area contributed by atoms with Gasteiger partial charge in [0.25, 0.3) is 0 Å². The molecule has 0 amide bonds. The Labute approximate surface area is 94.8 Å². The molecule has 0 aromatic carbocycles. The van der Waals surface area contributed by atoms with Crippen LogP contribution in [0, 0.1) is 0 Å². The van der Waals surface area contributed by atoms with E-state index < -0.39 is 0 Å². The maximum absolute atomic E-state index is 3.61. The first-order chi connectivity index (χ1) is 5.11. The third kappa shape index (κ3) is 1.60. The van der Waals surface area contributed by atoms with Gasteiger partial charge in [0, 0.05) is 15.3 Å². The Morgan fingerprint density at radius 2 is 2.18 bits per heavy atom. The van der Waals surface area contributed by atoms with Crippen LogP contribution in [0.2, 0.25) is 0 Å². The van der Waals surface area contributed by atoms with Gasteiger partial charge < -0.3 is 0 Å². The van der Waals surface area contributed by atoms with Crippen molar-refractivity contribution in [1.29, 1.82) is 0 Å². The zero-order chi connectivity index (χ0) is 8.06. The largest absolute Gasteiger partial charge is 0.147 e. The molecule has 1 aromatic heterocycles. The molecule has 1 aliphatic carbocycles. The lowest BCUT2D eigenvalue weighted by atomic mass is 10.3. The van der Waals surface area contributed by atoms with Crippen molar-refractivity contribution in [2.45, 2.75) is 15.6 Å². The highest BCUT2D eigenvalue weighted by Gasteiger charge is 2.52. The van der Waals surface area contributed by atoms with E-state index in [2.05, 4.69) is 59.2 Å². The summed E-state index contributed by atoms with van der Waals surface area (Å²) in [6, 6.07) is 2.11. The average Bonchev–Trinajstić information content (AvgIpc) is 2.38. The summed E-state index contributed by atoms with van der Waals surface area (Å²) in [6.45, 7) is 0. The van der Waals surface area contributed by atoms with E-state index >= 15 is 0 Å². The summed E-state index contributed by atoms with van der Waals surface area (Å²) >= 11 is 12.6. The van der Waals surface area contributed by atoms with Crippen LogP contribution in [-0.4, -0.2) is 3.23 Å². The topological polar surface area (TPSA) is 0 Å². The van der Waals surface area contributed by atoms with Gasteiger partial charge >= 0.3 is 0 Å². The van der Waals surface area contributed by atoms with Crippen LogP contribution >= 0.6 is 59.1 Å². The van der Waals surface area contributed by atoms with Crippen molar-refractivity contribution >= 4 is 59.1 Å². The number of alkyl halides is 2. The van der Waals surface area contributed by atoms with E-state index in [0.29, 0.717) is 5.92 Å². The van der Waals surface area contributed by atoms with Gasteiger partial charge in [0.05, 0.1) is 3.23 Å². The molecule has 1 atom stereocenters. The zero-order valence-corrected chi connectivity index (χ0v) is 11.1. The van der Waals surface area contributed by atoms with Crippen LogP contribution < -0.4 is 0 Å². The highest BCUT2D eigenvalue weighted by molar-refractivity contribution is 9.25. The van der Waals surface area contributed by atoms with E-state index in [0.717, 1.165) is 0 Å². The van der Waals surface area contributed by atoms with Crippen molar-refractivity contribution in [3.63, 3.8) is 0 Å². The minimum Gasteiger partial charge on any atom is -0.147 e. The number of hydrogen-bond acceptors (Lipinski definition) is 1. The second kappa shape index (κ2) is 2.82. The summed E-state index contributed by atoms with van der Waals surface area (Å²) in [5, 5.41) is 2.12. The van der Waals surface area contributed by atoms with E-state index in [1.807, 2.05) is 11.3 Å². The highest BCUT2D eigenvalue weighted by atomic mass is 79.9. The molecule has 0 saturated heterocycles. The van der Waals surface area contributed by atoms with Crippen LogP contribution in [0.5, 0.6) is 0 Å². The Balaban J connectivity index is 2.27. The smallest absolute Gasteiger partial charge is 0.0889 e. The summed E-state index contributed by atoms with van der Waals surface area (Å²) in [4.78, 5) is 1.44. The fourth-order valence-electron chi connectivity index (χ4n) is 1.05. The number of rotatable bonds is 1. The number of hydrogen-bond donors (Lipinski definition) is 0. The Kier molecular flexibility index (Phi) is 2.24. The highest BCUT2D eigenvalue weighted by Crippen LogP contribution is 2.64. The van der Waals surface area contributed by atoms with Gasteiger partial charge in [-0.1, -0.05) is 31.9 Å². The first-order valence-electron chi connectivity index (χ1n) is 3.22. The average molecular weight is 361 g/mol. The van der Waals surface area contributed by atoms with Crippen molar-refractivity contribution in [3.05, 3.63) is 20.8 Å². The van der Waals surface area contributed by atoms with Gasteiger partial charge in [0.1, 0.15) is 0 Å². The Hall–Kier alpha value is 1.14. The predicted molar refractivity (Wildman–Crippen MR) is 60.0 cm³/mol. The van der Waals surface area contributed by atoms with Crippen LogP contribution in [0.4, 0.5) is 0 Å². The first kappa shape index (κ1) is 8.73. The van der Waals surface area contributed by atoms with Crippen LogP contribution in [0.25, 0.3) is 0 Å². The van der Waals surface area contributed by atoms with Gasteiger partial charge in [0.15, 0.2) is 0 Å². The predicted octanol–water partition coefficient (Wildman–Crippen LogP) is 4.48.